The average molecular weight is 306 g/mol. The molecular formula is C15H16ClN3O2. The van der Waals surface area contributed by atoms with Crippen LogP contribution in [0.3, 0.4) is 0 Å². The Morgan fingerprint density at radius 2 is 2.10 bits per heavy atom. The Morgan fingerprint density at radius 1 is 1.29 bits per heavy atom. The monoisotopic (exact) mass is 305 g/mol. The molecule has 0 saturated heterocycles. The first kappa shape index (κ1) is 15.3. The van der Waals surface area contributed by atoms with Crippen molar-refractivity contribution in [1.29, 1.82) is 0 Å². The molecule has 3 N–H and O–H groups in total. The van der Waals surface area contributed by atoms with Gasteiger partial charge < -0.3 is 15.7 Å². The van der Waals surface area contributed by atoms with Gasteiger partial charge in [-0.25, -0.2) is 0 Å². The van der Waals surface area contributed by atoms with Gasteiger partial charge in [-0.3, -0.25) is 9.78 Å². The fourth-order valence-corrected chi connectivity index (χ4v) is 1.81. The molecule has 0 aliphatic rings. The topological polar surface area (TPSA) is 74.2 Å². The van der Waals surface area contributed by atoms with E-state index in [4.69, 9.17) is 11.6 Å². The Kier molecular flexibility index (Phi) is 5.54. The quantitative estimate of drug-likeness (QED) is 0.716. The van der Waals surface area contributed by atoms with Crippen LogP contribution in [0.25, 0.3) is 0 Å². The maximum atomic E-state index is 12.1. The number of aliphatic hydroxyl groups is 1. The van der Waals surface area contributed by atoms with Crippen LogP contribution in [-0.4, -0.2) is 34.5 Å². The molecule has 5 nitrogen and oxygen atoms in total. The normalized spacial score (nSPS) is 11.7. The van der Waals surface area contributed by atoms with Gasteiger partial charge in [-0.2, -0.15) is 0 Å². The number of rotatable bonds is 6. The van der Waals surface area contributed by atoms with E-state index in [2.05, 4.69) is 15.6 Å². The summed E-state index contributed by atoms with van der Waals surface area (Å²) in [5.74, 6) is -0.0571. The van der Waals surface area contributed by atoms with Crippen LogP contribution in [0, 0.1) is 0 Å². The standard InChI is InChI=1S/C15H16ClN3O2/c16-8-14(20)10-18-12-4-1-3-11(7-12)15(21)19-13-5-2-6-17-9-13/h1-7,9,14,18,20H,8,10H2,(H,19,21). The van der Waals surface area contributed by atoms with Crippen LogP contribution in [0.15, 0.2) is 48.8 Å². The van der Waals surface area contributed by atoms with Gasteiger partial charge >= 0.3 is 0 Å². The molecule has 0 bridgehead atoms. The SMILES string of the molecule is O=C(Nc1cccnc1)c1cccc(NCC(O)CCl)c1. The van der Waals surface area contributed by atoms with Crippen molar-refractivity contribution in [2.24, 2.45) is 0 Å². The number of pyridine rings is 1. The van der Waals surface area contributed by atoms with Crippen LogP contribution < -0.4 is 10.6 Å². The van der Waals surface area contributed by atoms with E-state index in [0.717, 1.165) is 5.69 Å². The van der Waals surface area contributed by atoms with Crippen LogP contribution in [0.5, 0.6) is 0 Å². The van der Waals surface area contributed by atoms with Crippen molar-refractivity contribution >= 4 is 28.9 Å². The van der Waals surface area contributed by atoms with Crippen LogP contribution in [0.4, 0.5) is 11.4 Å². The second-order valence-corrected chi connectivity index (χ2v) is 4.77. The summed E-state index contributed by atoms with van der Waals surface area (Å²) in [6, 6.07) is 10.5. The molecule has 0 saturated carbocycles. The zero-order valence-electron chi connectivity index (χ0n) is 11.3. The number of alkyl halides is 1. The zero-order chi connectivity index (χ0) is 15.1. The second kappa shape index (κ2) is 7.61. The number of benzene rings is 1. The van der Waals surface area contributed by atoms with E-state index in [-0.39, 0.29) is 11.8 Å². The van der Waals surface area contributed by atoms with Crippen molar-refractivity contribution in [3.05, 3.63) is 54.4 Å². The molecule has 0 radical (unpaired) electrons. The van der Waals surface area contributed by atoms with E-state index < -0.39 is 6.10 Å². The summed E-state index contributed by atoms with van der Waals surface area (Å²) < 4.78 is 0. The number of amides is 1. The number of halogens is 1. The maximum Gasteiger partial charge on any atom is 0.255 e. The predicted molar refractivity (Wildman–Crippen MR) is 83.8 cm³/mol. The number of carbonyl (C=O) groups excluding carboxylic acids is 1. The molecule has 1 heterocycles. The van der Waals surface area contributed by atoms with Crippen molar-refractivity contribution in [3.8, 4) is 0 Å². The highest BCUT2D eigenvalue weighted by atomic mass is 35.5. The average Bonchev–Trinajstić information content (AvgIpc) is 2.53. The van der Waals surface area contributed by atoms with Gasteiger partial charge in [-0.15, -0.1) is 11.6 Å². The molecule has 2 aromatic rings. The maximum absolute atomic E-state index is 12.1. The summed E-state index contributed by atoms with van der Waals surface area (Å²) in [6.45, 7) is 0.331. The second-order valence-electron chi connectivity index (χ2n) is 4.47. The summed E-state index contributed by atoms with van der Waals surface area (Å²) >= 11 is 5.53. The lowest BCUT2D eigenvalue weighted by Gasteiger charge is -2.11. The van der Waals surface area contributed by atoms with Crippen molar-refractivity contribution in [1.82, 2.24) is 4.98 Å². The molecule has 21 heavy (non-hydrogen) atoms. The summed E-state index contributed by atoms with van der Waals surface area (Å²) in [6.07, 6.45) is 2.60. The first-order chi connectivity index (χ1) is 10.2. The summed E-state index contributed by atoms with van der Waals surface area (Å²) in [5, 5.41) is 15.2. The Labute approximate surface area is 128 Å². The van der Waals surface area contributed by atoms with Crippen molar-refractivity contribution in [2.75, 3.05) is 23.1 Å². The minimum absolute atomic E-state index is 0.161. The van der Waals surface area contributed by atoms with Crippen LogP contribution in [0.2, 0.25) is 0 Å². The zero-order valence-corrected chi connectivity index (χ0v) is 12.0. The summed E-state index contributed by atoms with van der Waals surface area (Å²) in [4.78, 5) is 16.1. The molecular weight excluding hydrogens is 290 g/mol. The number of hydrogen-bond donors (Lipinski definition) is 3. The van der Waals surface area contributed by atoms with Gasteiger partial charge in [-0.1, -0.05) is 6.07 Å². The van der Waals surface area contributed by atoms with E-state index in [9.17, 15) is 9.90 Å². The first-order valence-corrected chi connectivity index (χ1v) is 7.02. The largest absolute Gasteiger partial charge is 0.390 e. The number of hydrogen-bond acceptors (Lipinski definition) is 4. The molecule has 1 aromatic carbocycles. The van der Waals surface area contributed by atoms with Crippen molar-refractivity contribution in [3.63, 3.8) is 0 Å². The molecule has 1 amide bonds. The van der Waals surface area contributed by atoms with E-state index in [0.29, 0.717) is 17.8 Å². The van der Waals surface area contributed by atoms with Crippen LogP contribution in [0.1, 0.15) is 10.4 Å². The first-order valence-electron chi connectivity index (χ1n) is 6.48. The van der Waals surface area contributed by atoms with E-state index in [1.165, 1.54) is 0 Å². The number of nitrogens with one attached hydrogen (secondary N) is 2. The van der Waals surface area contributed by atoms with Gasteiger partial charge in [-0.05, 0) is 30.3 Å². The Morgan fingerprint density at radius 3 is 2.81 bits per heavy atom. The molecule has 0 fully saturated rings. The molecule has 0 aliphatic heterocycles. The molecule has 1 aromatic heterocycles. The molecule has 1 unspecified atom stereocenters. The number of aromatic nitrogens is 1. The van der Waals surface area contributed by atoms with Gasteiger partial charge in [0.15, 0.2) is 0 Å². The molecule has 0 aliphatic carbocycles. The Balaban J connectivity index is 2.01. The van der Waals surface area contributed by atoms with Gasteiger partial charge in [0.25, 0.3) is 5.91 Å². The third-order valence-corrected chi connectivity index (χ3v) is 3.12. The smallest absolute Gasteiger partial charge is 0.255 e. The lowest BCUT2D eigenvalue weighted by molar-refractivity contribution is 0.102. The lowest BCUT2D eigenvalue weighted by Crippen LogP contribution is -2.21. The molecule has 110 valence electrons. The van der Waals surface area contributed by atoms with Crippen LogP contribution in [-0.2, 0) is 0 Å². The minimum atomic E-state index is -0.625. The predicted octanol–water partition coefficient (Wildman–Crippen LogP) is 2.35. The Bertz CT molecular complexity index is 592. The lowest BCUT2D eigenvalue weighted by atomic mass is 10.2. The third kappa shape index (κ3) is 4.73. The van der Waals surface area contributed by atoms with Gasteiger partial charge in [0, 0.05) is 24.0 Å². The highest BCUT2D eigenvalue weighted by Gasteiger charge is 2.07. The molecule has 0 spiro atoms. The number of carbonyl (C=O) groups is 1. The highest BCUT2D eigenvalue weighted by molar-refractivity contribution is 6.18. The number of aliphatic hydroxyl groups excluding tert-OH is 1. The van der Waals surface area contributed by atoms with Crippen molar-refractivity contribution < 1.29 is 9.90 Å². The van der Waals surface area contributed by atoms with Gasteiger partial charge in [0.2, 0.25) is 0 Å². The Hall–Kier alpha value is -2.11. The highest BCUT2D eigenvalue weighted by Crippen LogP contribution is 2.13. The fourth-order valence-electron chi connectivity index (χ4n) is 1.70. The fraction of sp³-hybridized carbons (Fsp3) is 0.200. The molecule has 1 atom stereocenters. The van der Waals surface area contributed by atoms with E-state index >= 15 is 0 Å². The molecule has 6 heteroatoms. The summed E-state index contributed by atoms with van der Waals surface area (Å²) in [5.41, 5.74) is 1.90. The van der Waals surface area contributed by atoms with Gasteiger partial charge in [0.05, 0.1) is 23.9 Å². The van der Waals surface area contributed by atoms with E-state index in [1.54, 1.807) is 42.7 Å². The van der Waals surface area contributed by atoms with Crippen LogP contribution >= 0.6 is 11.6 Å². The molecule has 2 rings (SSSR count). The van der Waals surface area contributed by atoms with E-state index in [1.807, 2.05) is 6.07 Å². The number of nitrogens with zero attached hydrogens (tertiary/aromatic N) is 1. The van der Waals surface area contributed by atoms with Gasteiger partial charge in [0.1, 0.15) is 0 Å². The third-order valence-electron chi connectivity index (χ3n) is 2.76. The summed E-state index contributed by atoms with van der Waals surface area (Å²) in [7, 11) is 0. The number of anilines is 2. The van der Waals surface area contributed by atoms with Crippen molar-refractivity contribution in [2.45, 2.75) is 6.10 Å². The minimum Gasteiger partial charge on any atom is -0.390 e.